The van der Waals surface area contributed by atoms with E-state index < -0.39 is 29.9 Å². The normalized spacial score (nSPS) is 13.6. The summed E-state index contributed by atoms with van der Waals surface area (Å²) in [4.78, 5) is 41.7. The number of carbonyl (C=O) groups excluding carboxylic acids is 2. The van der Waals surface area contributed by atoms with Gasteiger partial charge in [0.2, 0.25) is 0 Å². The first kappa shape index (κ1) is 29.1. The van der Waals surface area contributed by atoms with E-state index in [2.05, 4.69) is 10.3 Å². The summed E-state index contributed by atoms with van der Waals surface area (Å²) in [6, 6.07) is 16.2. The Bertz CT molecular complexity index is 1180. The molecule has 0 spiro atoms. The molecule has 1 heterocycles. The van der Waals surface area contributed by atoms with Gasteiger partial charge in [0.15, 0.2) is 5.78 Å². The van der Waals surface area contributed by atoms with E-state index in [4.69, 9.17) is 10.5 Å². The Kier molecular flexibility index (Phi) is 11.5. The molecular formula is C30H39N3O5. The van der Waals surface area contributed by atoms with Crippen molar-refractivity contribution < 1.29 is 24.2 Å². The summed E-state index contributed by atoms with van der Waals surface area (Å²) >= 11 is 0. The van der Waals surface area contributed by atoms with Gasteiger partial charge in [0.05, 0.1) is 18.6 Å². The first-order chi connectivity index (χ1) is 18.4. The van der Waals surface area contributed by atoms with Crippen LogP contribution in [0.3, 0.4) is 0 Å². The van der Waals surface area contributed by atoms with Crippen molar-refractivity contribution in [1.82, 2.24) is 10.3 Å². The number of nitrogens with one attached hydrogen (secondary N) is 2. The highest BCUT2D eigenvalue weighted by molar-refractivity contribution is 5.89. The third kappa shape index (κ3) is 8.53. The van der Waals surface area contributed by atoms with Crippen LogP contribution in [0.15, 0.2) is 60.8 Å². The molecule has 0 bridgehead atoms. The van der Waals surface area contributed by atoms with Crippen molar-refractivity contribution >= 4 is 28.6 Å². The molecule has 0 saturated carbocycles. The standard InChI is InChI=1S/C30H39N3O5/c1-2-38-30(37)27(16-15-21-10-4-3-5-11-21)33-26(14-8-9-17-31)28(34)19-22(29(35)36)18-23-20-32-25-13-7-6-12-24(23)25/h3-7,10-13,20,22,26-27,32-33H,2,8-9,14-19,31H2,1H3,(H,35,36)/t22-,26+,27+/m1/s1. The molecule has 0 aliphatic carbocycles. The number of Topliss-reactive ketones (excluding diaryl/α,β-unsaturated/α-hetero) is 1. The highest BCUT2D eigenvalue weighted by atomic mass is 16.5. The summed E-state index contributed by atoms with van der Waals surface area (Å²) in [5.74, 6) is -2.53. The molecule has 0 saturated heterocycles. The number of aromatic amines is 1. The average Bonchev–Trinajstić information content (AvgIpc) is 3.33. The van der Waals surface area contributed by atoms with Crippen LogP contribution in [0.5, 0.6) is 0 Å². The van der Waals surface area contributed by atoms with E-state index in [9.17, 15) is 19.5 Å². The molecule has 1 aromatic heterocycles. The van der Waals surface area contributed by atoms with Crippen LogP contribution in [0.2, 0.25) is 0 Å². The molecule has 38 heavy (non-hydrogen) atoms. The largest absolute Gasteiger partial charge is 0.481 e. The first-order valence-electron chi connectivity index (χ1n) is 13.4. The number of aromatic nitrogens is 1. The fourth-order valence-corrected chi connectivity index (χ4v) is 4.74. The van der Waals surface area contributed by atoms with Crippen molar-refractivity contribution in [2.45, 2.75) is 64.0 Å². The summed E-state index contributed by atoms with van der Waals surface area (Å²) in [5, 5.41) is 14.2. The van der Waals surface area contributed by atoms with Gasteiger partial charge in [-0.25, -0.2) is 0 Å². The lowest BCUT2D eigenvalue weighted by Crippen LogP contribution is -2.48. The van der Waals surface area contributed by atoms with Gasteiger partial charge in [-0.15, -0.1) is 0 Å². The Morgan fingerprint density at radius 2 is 1.74 bits per heavy atom. The number of hydrogen-bond acceptors (Lipinski definition) is 6. The quantitative estimate of drug-likeness (QED) is 0.156. The van der Waals surface area contributed by atoms with Gasteiger partial charge < -0.3 is 20.6 Å². The van der Waals surface area contributed by atoms with Crippen LogP contribution >= 0.6 is 0 Å². The number of nitrogens with two attached hydrogens (primary N) is 1. The second-order valence-corrected chi connectivity index (χ2v) is 9.60. The molecule has 3 rings (SSSR count). The lowest BCUT2D eigenvalue weighted by Gasteiger charge is -2.25. The molecule has 0 radical (unpaired) electrons. The number of H-pyrrole nitrogens is 1. The van der Waals surface area contributed by atoms with Gasteiger partial charge >= 0.3 is 11.9 Å². The zero-order chi connectivity index (χ0) is 27.3. The lowest BCUT2D eigenvalue weighted by atomic mass is 9.90. The molecular weight excluding hydrogens is 482 g/mol. The molecule has 0 aliphatic heterocycles. The molecule has 5 N–H and O–H groups in total. The number of hydrogen-bond donors (Lipinski definition) is 4. The third-order valence-electron chi connectivity index (χ3n) is 6.81. The molecule has 2 aromatic carbocycles. The van der Waals surface area contributed by atoms with Crippen LogP contribution < -0.4 is 11.1 Å². The number of carbonyl (C=O) groups is 3. The number of ketones is 1. The Morgan fingerprint density at radius 3 is 2.45 bits per heavy atom. The minimum atomic E-state index is -1.02. The molecule has 0 fully saturated rings. The maximum atomic E-state index is 13.5. The smallest absolute Gasteiger partial charge is 0.323 e. The molecule has 8 nitrogen and oxygen atoms in total. The molecule has 3 atom stereocenters. The van der Waals surface area contributed by atoms with Crippen molar-refractivity contribution in [3.63, 3.8) is 0 Å². The molecule has 0 unspecified atom stereocenters. The van der Waals surface area contributed by atoms with E-state index in [0.717, 1.165) is 28.5 Å². The van der Waals surface area contributed by atoms with Crippen molar-refractivity contribution in [3.05, 3.63) is 71.9 Å². The van der Waals surface area contributed by atoms with Gasteiger partial charge in [-0.1, -0.05) is 55.0 Å². The number of aryl methyl sites for hydroxylation is 1. The second kappa shape index (κ2) is 15.1. The number of esters is 1. The monoisotopic (exact) mass is 521 g/mol. The summed E-state index contributed by atoms with van der Waals surface area (Å²) in [5.41, 5.74) is 8.54. The first-order valence-corrected chi connectivity index (χ1v) is 13.4. The molecule has 0 amide bonds. The van der Waals surface area contributed by atoms with E-state index in [1.54, 1.807) is 6.92 Å². The zero-order valence-corrected chi connectivity index (χ0v) is 22.0. The van der Waals surface area contributed by atoms with E-state index in [-0.39, 0.29) is 25.2 Å². The van der Waals surface area contributed by atoms with Gasteiger partial charge in [0.25, 0.3) is 0 Å². The number of para-hydroxylation sites is 1. The Morgan fingerprint density at radius 1 is 1.00 bits per heavy atom. The topological polar surface area (TPSA) is 135 Å². The number of unbranched alkanes of at least 4 members (excludes halogenated alkanes) is 1. The number of aliphatic carboxylic acids is 1. The second-order valence-electron chi connectivity index (χ2n) is 9.60. The van der Waals surface area contributed by atoms with Crippen LogP contribution in [-0.2, 0) is 32.0 Å². The predicted octanol–water partition coefficient (Wildman–Crippen LogP) is 4.02. The highest BCUT2D eigenvalue weighted by Gasteiger charge is 2.30. The fraction of sp³-hybridized carbons (Fsp3) is 0.433. The minimum Gasteiger partial charge on any atom is -0.481 e. The van der Waals surface area contributed by atoms with Crippen molar-refractivity contribution in [3.8, 4) is 0 Å². The van der Waals surface area contributed by atoms with Gasteiger partial charge in [-0.05, 0) is 62.8 Å². The molecule has 204 valence electrons. The third-order valence-corrected chi connectivity index (χ3v) is 6.81. The van der Waals surface area contributed by atoms with E-state index >= 15 is 0 Å². The molecule has 8 heteroatoms. The van der Waals surface area contributed by atoms with Gasteiger partial charge in [0.1, 0.15) is 6.04 Å². The molecule has 0 aliphatic rings. The van der Waals surface area contributed by atoms with Gasteiger partial charge in [-0.2, -0.15) is 0 Å². The Balaban J connectivity index is 1.74. The molecule has 3 aromatic rings. The number of carboxylic acid groups (broad SMARTS) is 1. The van der Waals surface area contributed by atoms with Gasteiger partial charge in [0, 0.05) is 23.5 Å². The number of rotatable bonds is 17. The van der Waals surface area contributed by atoms with Crippen molar-refractivity contribution in [2.24, 2.45) is 11.7 Å². The Labute approximate surface area is 224 Å². The average molecular weight is 522 g/mol. The minimum absolute atomic E-state index is 0.136. The van der Waals surface area contributed by atoms with Crippen molar-refractivity contribution in [2.75, 3.05) is 13.2 Å². The van der Waals surface area contributed by atoms with Crippen LogP contribution in [0.4, 0.5) is 0 Å². The number of fused-ring (bicyclic) bond motifs is 1. The maximum absolute atomic E-state index is 13.5. The highest BCUT2D eigenvalue weighted by Crippen LogP contribution is 2.23. The summed E-state index contributed by atoms with van der Waals surface area (Å²) in [7, 11) is 0. The SMILES string of the molecule is CCOC(=O)[C@H](CCc1ccccc1)N[C@@H](CCCCN)C(=O)C[C@@H](Cc1c[nH]c2ccccc12)C(=O)O. The van der Waals surface area contributed by atoms with E-state index in [1.165, 1.54) is 0 Å². The number of carboxylic acids is 1. The zero-order valence-electron chi connectivity index (χ0n) is 22.0. The van der Waals surface area contributed by atoms with Crippen LogP contribution in [0.1, 0.15) is 50.2 Å². The maximum Gasteiger partial charge on any atom is 0.323 e. The Hall–Kier alpha value is -3.49. The van der Waals surface area contributed by atoms with Gasteiger partial charge in [-0.3, -0.25) is 19.7 Å². The van der Waals surface area contributed by atoms with Crippen LogP contribution in [0, 0.1) is 5.92 Å². The van der Waals surface area contributed by atoms with E-state index in [1.807, 2.05) is 60.8 Å². The van der Waals surface area contributed by atoms with Crippen LogP contribution in [-0.4, -0.2) is 53.0 Å². The number of benzene rings is 2. The summed E-state index contributed by atoms with van der Waals surface area (Å²) in [6.45, 7) is 2.48. The number of ether oxygens (including phenoxy) is 1. The summed E-state index contributed by atoms with van der Waals surface area (Å²) in [6.07, 6.45) is 4.89. The lowest BCUT2D eigenvalue weighted by molar-refractivity contribution is -0.147. The van der Waals surface area contributed by atoms with E-state index in [0.29, 0.717) is 32.2 Å². The van der Waals surface area contributed by atoms with Crippen molar-refractivity contribution in [1.29, 1.82) is 0 Å². The summed E-state index contributed by atoms with van der Waals surface area (Å²) < 4.78 is 5.30. The fourth-order valence-electron chi connectivity index (χ4n) is 4.74. The van der Waals surface area contributed by atoms with Crippen LogP contribution in [0.25, 0.3) is 10.9 Å². The predicted molar refractivity (Wildman–Crippen MR) is 148 cm³/mol.